The van der Waals surface area contributed by atoms with Gasteiger partial charge in [0.15, 0.2) is 5.16 Å². The Hall–Kier alpha value is -1.76. The number of H-pyrrole nitrogens is 1. The molecular weight excluding hydrogens is 228 g/mol. The van der Waals surface area contributed by atoms with E-state index in [1.54, 1.807) is 12.3 Å². The number of aromatic amines is 1. The summed E-state index contributed by atoms with van der Waals surface area (Å²) in [6.45, 7) is 0.406. The van der Waals surface area contributed by atoms with E-state index in [0.717, 1.165) is 5.76 Å². The molecule has 0 aromatic carbocycles. The van der Waals surface area contributed by atoms with Crippen LogP contribution in [0.5, 0.6) is 0 Å². The molecule has 0 radical (unpaired) electrons. The lowest BCUT2D eigenvalue weighted by Crippen LogP contribution is -2.24. The fourth-order valence-electron chi connectivity index (χ4n) is 1.05. The fourth-order valence-corrected chi connectivity index (χ4v) is 1.66. The molecule has 6 nitrogen and oxygen atoms in total. The Morgan fingerprint density at radius 1 is 1.62 bits per heavy atom. The molecule has 16 heavy (non-hydrogen) atoms. The first kappa shape index (κ1) is 10.7. The van der Waals surface area contributed by atoms with Gasteiger partial charge in [0, 0.05) is 0 Å². The molecular formula is C9H10N4O2S. The monoisotopic (exact) mass is 238 g/mol. The Morgan fingerprint density at radius 3 is 3.25 bits per heavy atom. The second-order valence-corrected chi connectivity index (χ2v) is 3.90. The molecule has 0 unspecified atom stereocenters. The number of furan rings is 1. The number of hydrogen-bond acceptors (Lipinski definition) is 5. The highest BCUT2D eigenvalue weighted by molar-refractivity contribution is 7.99. The second-order valence-electron chi connectivity index (χ2n) is 2.94. The van der Waals surface area contributed by atoms with Gasteiger partial charge in [-0.15, -0.1) is 0 Å². The van der Waals surface area contributed by atoms with Crippen LogP contribution in [0.3, 0.4) is 0 Å². The molecule has 0 spiro atoms. The van der Waals surface area contributed by atoms with Crippen LogP contribution in [-0.4, -0.2) is 26.8 Å². The predicted octanol–water partition coefficient (Wildman–Crippen LogP) is 0.806. The smallest absolute Gasteiger partial charge is 0.230 e. The van der Waals surface area contributed by atoms with Crippen molar-refractivity contribution in [1.29, 1.82) is 0 Å². The van der Waals surface area contributed by atoms with Crippen LogP contribution in [0.2, 0.25) is 0 Å². The second kappa shape index (κ2) is 5.36. The SMILES string of the molecule is O=C(CSc1ncn[nH]1)NCc1ccco1. The van der Waals surface area contributed by atoms with E-state index in [4.69, 9.17) is 4.42 Å². The van der Waals surface area contributed by atoms with Gasteiger partial charge in [0.1, 0.15) is 12.1 Å². The number of amides is 1. The summed E-state index contributed by atoms with van der Waals surface area (Å²) in [6, 6.07) is 3.59. The maximum absolute atomic E-state index is 11.4. The standard InChI is InChI=1S/C9H10N4O2S/c14-8(5-16-9-11-6-12-13-9)10-4-7-2-1-3-15-7/h1-3,6H,4-5H2,(H,10,14)(H,11,12,13). The molecule has 2 rings (SSSR count). The van der Waals surface area contributed by atoms with Crippen LogP contribution in [0.25, 0.3) is 0 Å². The molecule has 0 aliphatic heterocycles. The van der Waals surface area contributed by atoms with Crippen molar-refractivity contribution in [2.45, 2.75) is 11.7 Å². The van der Waals surface area contributed by atoms with Gasteiger partial charge in [0.25, 0.3) is 0 Å². The van der Waals surface area contributed by atoms with E-state index in [1.807, 2.05) is 6.07 Å². The highest BCUT2D eigenvalue weighted by Gasteiger charge is 2.04. The van der Waals surface area contributed by atoms with Crippen LogP contribution < -0.4 is 5.32 Å². The van der Waals surface area contributed by atoms with Gasteiger partial charge < -0.3 is 9.73 Å². The van der Waals surface area contributed by atoms with E-state index < -0.39 is 0 Å². The van der Waals surface area contributed by atoms with Gasteiger partial charge in [0.2, 0.25) is 5.91 Å². The van der Waals surface area contributed by atoms with E-state index in [2.05, 4.69) is 20.5 Å². The Labute approximate surface area is 95.8 Å². The number of hydrogen-bond donors (Lipinski definition) is 2. The summed E-state index contributed by atoms with van der Waals surface area (Å²) in [4.78, 5) is 15.3. The maximum Gasteiger partial charge on any atom is 0.230 e. The van der Waals surface area contributed by atoms with Crippen LogP contribution in [-0.2, 0) is 11.3 Å². The summed E-state index contributed by atoms with van der Waals surface area (Å²) < 4.78 is 5.08. The molecule has 0 saturated carbocycles. The van der Waals surface area contributed by atoms with Crippen molar-refractivity contribution in [3.63, 3.8) is 0 Å². The molecule has 84 valence electrons. The highest BCUT2D eigenvalue weighted by Crippen LogP contribution is 2.09. The van der Waals surface area contributed by atoms with Crippen LogP contribution in [0.4, 0.5) is 0 Å². The Balaban J connectivity index is 1.69. The molecule has 2 aromatic heterocycles. The zero-order valence-electron chi connectivity index (χ0n) is 8.34. The van der Waals surface area contributed by atoms with Gasteiger partial charge in [-0.2, -0.15) is 5.10 Å². The lowest BCUT2D eigenvalue weighted by molar-refractivity contribution is -0.118. The van der Waals surface area contributed by atoms with E-state index in [-0.39, 0.29) is 5.91 Å². The normalized spacial score (nSPS) is 10.2. The molecule has 2 aromatic rings. The summed E-state index contributed by atoms with van der Waals surface area (Å²) in [5.41, 5.74) is 0. The molecule has 7 heteroatoms. The van der Waals surface area contributed by atoms with Crippen molar-refractivity contribution in [2.24, 2.45) is 0 Å². The van der Waals surface area contributed by atoms with Crippen molar-refractivity contribution in [2.75, 3.05) is 5.75 Å². The van der Waals surface area contributed by atoms with Crippen LogP contribution in [0.15, 0.2) is 34.3 Å². The largest absolute Gasteiger partial charge is 0.467 e. The number of aromatic nitrogens is 3. The summed E-state index contributed by atoms with van der Waals surface area (Å²) >= 11 is 1.30. The van der Waals surface area contributed by atoms with Crippen molar-refractivity contribution in [3.8, 4) is 0 Å². The van der Waals surface area contributed by atoms with E-state index >= 15 is 0 Å². The summed E-state index contributed by atoms with van der Waals surface area (Å²) in [5, 5.41) is 9.71. The Kier molecular flexibility index (Phi) is 3.60. The van der Waals surface area contributed by atoms with Crippen molar-refractivity contribution in [3.05, 3.63) is 30.5 Å². The minimum Gasteiger partial charge on any atom is -0.467 e. The minimum absolute atomic E-state index is 0.0715. The summed E-state index contributed by atoms with van der Waals surface area (Å²) in [7, 11) is 0. The molecule has 0 atom stereocenters. The third-order valence-corrected chi connectivity index (χ3v) is 2.65. The molecule has 0 aliphatic carbocycles. The van der Waals surface area contributed by atoms with Gasteiger partial charge in [0.05, 0.1) is 18.6 Å². The zero-order chi connectivity index (χ0) is 11.2. The first-order valence-corrected chi connectivity index (χ1v) is 5.60. The lowest BCUT2D eigenvalue weighted by atomic mass is 10.4. The number of carbonyl (C=O) groups excluding carboxylic acids is 1. The first-order chi connectivity index (χ1) is 7.84. The first-order valence-electron chi connectivity index (χ1n) is 4.62. The van der Waals surface area contributed by atoms with Gasteiger partial charge >= 0.3 is 0 Å². The number of nitrogens with one attached hydrogen (secondary N) is 2. The van der Waals surface area contributed by atoms with Gasteiger partial charge in [-0.25, -0.2) is 4.98 Å². The van der Waals surface area contributed by atoms with Gasteiger partial charge in [-0.3, -0.25) is 9.89 Å². The molecule has 0 bridgehead atoms. The summed E-state index contributed by atoms with van der Waals surface area (Å²) in [5.74, 6) is 0.964. The van der Waals surface area contributed by atoms with Gasteiger partial charge in [-0.05, 0) is 12.1 Å². The molecule has 0 fully saturated rings. The topological polar surface area (TPSA) is 83.8 Å². The van der Waals surface area contributed by atoms with Crippen LogP contribution >= 0.6 is 11.8 Å². The van der Waals surface area contributed by atoms with Gasteiger partial charge in [-0.1, -0.05) is 11.8 Å². The lowest BCUT2D eigenvalue weighted by Gasteiger charge is -2.01. The highest BCUT2D eigenvalue weighted by atomic mass is 32.2. The molecule has 0 aliphatic rings. The summed E-state index contributed by atoms with van der Waals surface area (Å²) in [6.07, 6.45) is 2.98. The maximum atomic E-state index is 11.4. The quantitative estimate of drug-likeness (QED) is 0.753. The van der Waals surface area contributed by atoms with Crippen LogP contribution in [0.1, 0.15) is 5.76 Å². The number of carbonyl (C=O) groups is 1. The molecule has 2 heterocycles. The van der Waals surface area contributed by atoms with Crippen molar-refractivity contribution < 1.29 is 9.21 Å². The predicted molar refractivity (Wildman–Crippen MR) is 57.7 cm³/mol. The average molecular weight is 238 g/mol. The Morgan fingerprint density at radius 2 is 2.56 bits per heavy atom. The number of thioether (sulfide) groups is 1. The van der Waals surface area contributed by atoms with Crippen LogP contribution in [0, 0.1) is 0 Å². The fraction of sp³-hybridized carbons (Fsp3) is 0.222. The van der Waals surface area contributed by atoms with Crippen molar-refractivity contribution in [1.82, 2.24) is 20.5 Å². The number of rotatable bonds is 5. The zero-order valence-corrected chi connectivity index (χ0v) is 9.16. The molecule has 2 N–H and O–H groups in total. The van der Waals surface area contributed by atoms with E-state index in [9.17, 15) is 4.79 Å². The minimum atomic E-state index is -0.0715. The van der Waals surface area contributed by atoms with E-state index in [0.29, 0.717) is 17.5 Å². The average Bonchev–Trinajstić information content (AvgIpc) is 2.96. The van der Waals surface area contributed by atoms with E-state index in [1.165, 1.54) is 18.1 Å². The van der Waals surface area contributed by atoms with Crippen molar-refractivity contribution >= 4 is 17.7 Å². The third-order valence-electron chi connectivity index (χ3n) is 1.77. The molecule has 0 saturated heterocycles. The molecule has 1 amide bonds. The Bertz CT molecular complexity index is 386. The number of nitrogens with zero attached hydrogens (tertiary/aromatic N) is 2. The third kappa shape index (κ3) is 3.13.